The highest BCUT2D eigenvalue weighted by molar-refractivity contribution is 7.17. The fourth-order valence-corrected chi connectivity index (χ4v) is 3.81. The molecule has 0 aliphatic rings. The first kappa shape index (κ1) is 14.8. The molecule has 0 spiro atoms. The van der Waals surface area contributed by atoms with Gasteiger partial charge >= 0.3 is 0 Å². The zero-order chi connectivity index (χ0) is 16.5. The summed E-state index contributed by atoms with van der Waals surface area (Å²) in [6.45, 7) is 2.07. The Labute approximate surface area is 143 Å². The molecule has 4 aromatic rings. The molecule has 118 valence electrons. The van der Waals surface area contributed by atoms with Crippen LogP contribution in [-0.2, 0) is 6.42 Å². The number of benzene rings is 1. The van der Waals surface area contributed by atoms with Gasteiger partial charge in [-0.3, -0.25) is 4.79 Å². The van der Waals surface area contributed by atoms with E-state index in [1.807, 2.05) is 18.3 Å². The van der Waals surface area contributed by atoms with Crippen LogP contribution in [0.3, 0.4) is 0 Å². The van der Waals surface area contributed by atoms with E-state index in [0.717, 1.165) is 50.5 Å². The Kier molecular flexibility index (Phi) is 3.70. The van der Waals surface area contributed by atoms with Crippen LogP contribution < -0.4 is 0 Å². The molecule has 3 aromatic heterocycles. The minimum Gasteiger partial charge on any atom is -0.297 e. The third-order valence-corrected chi connectivity index (χ3v) is 5.18. The smallest absolute Gasteiger partial charge is 0.160 e. The van der Waals surface area contributed by atoms with Crippen LogP contribution in [0.25, 0.3) is 27.3 Å². The van der Waals surface area contributed by atoms with Gasteiger partial charge in [0.1, 0.15) is 0 Å². The van der Waals surface area contributed by atoms with Gasteiger partial charge in [0.05, 0.1) is 16.8 Å². The van der Waals surface area contributed by atoms with Crippen molar-refractivity contribution in [2.45, 2.75) is 13.3 Å². The third kappa shape index (κ3) is 2.53. The standard InChI is InChI=1S/C19H15N3OS/c1-2-13-10-17(24-18(13)12-23)15-7-5-14(6-8-15)16-11-22-19(21-16)4-3-9-20-22/h3-12H,2H2,1H3. The van der Waals surface area contributed by atoms with Crippen LogP contribution in [0.2, 0.25) is 0 Å². The first-order valence-electron chi connectivity index (χ1n) is 7.77. The molecule has 0 aliphatic heterocycles. The Morgan fingerprint density at radius 2 is 1.96 bits per heavy atom. The predicted molar refractivity (Wildman–Crippen MR) is 96.5 cm³/mol. The number of hydrogen-bond acceptors (Lipinski definition) is 4. The zero-order valence-corrected chi connectivity index (χ0v) is 14.0. The lowest BCUT2D eigenvalue weighted by Gasteiger charge is -2.00. The quantitative estimate of drug-likeness (QED) is 0.517. The van der Waals surface area contributed by atoms with Crippen LogP contribution in [0.5, 0.6) is 0 Å². The largest absolute Gasteiger partial charge is 0.297 e. The van der Waals surface area contributed by atoms with Crippen LogP contribution >= 0.6 is 11.3 Å². The molecule has 0 unspecified atom stereocenters. The lowest BCUT2D eigenvalue weighted by atomic mass is 10.1. The molecule has 3 heterocycles. The Morgan fingerprint density at radius 3 is 2.62 bits per heavy atom. The normalized spacial score (nSPS) is 11.0. The maximum atomic E-state index is 11.1. The average Bonchev–Trinajstić information content (AvgIpc) is 3.25. The lowest BCUT2D eigenvalue weighted by molar-refractivity contribution is 0.112. The van der Waals surface area contributed by atoms with Crippen molar-refractivity contribution in [1.82, 2.24) is 14.6 Å². The maximum absolute atomic E-state index is 11.1. The average molecular weight is 333 g/mol. The topological polar surface area (TPSA) is 47.3 Å². The van der Waals surface area contributed by atoms with Gasteiger partial charge in [0.2, 0.25) is 0 Å². The highest BCUT2D eigenvalue weighted by Gasteiger charge is 2.10. The molecule has 0 saturated carbocycles. The number of aryl methyl sites for hydroxylation is 1. The molecule has 0 saturated heterocycles. The van der Waals surface area contributed by atoms with Crippen molar-refractivity contribution in [3.63, 3.8) is 0 Å². The second-order valence-corrected chi connectivity index (χ2v) is 6.59. The summed E-state index contributed by atoms with van der Waals surface area (Å²) in [4.78, 5) is 17.7. The summed E-state index contributed by atoms with van der Waals surface area (Å²) in [6.07, 6.45) is 5.49. The van der Waals surface area contributed by atoms with E-state index in [1.54, 1.807) is 22.0 Å². The van der Waals surface area contributed by atoms with Gasteiger partial charge in [-0.05, 0) is 35.7 Å². The Morgan fingerprint density at radius 1 is 1.17 bits per heavy atom. The van der Waals surface area contributed by atoms with E-state index in [4.69, 9.17) is 0 Å². The van der Waals surface area contributed by atoms with Crippen LogP contribution in [0.15, 0.2) is 54.9 Å². The van der Waals surface area contributed by atoms with Crippen LogP contribution in [0.4, 0.5) is 0 Å². The summed E-state index contributed by atoms with van der Waals surface area (Å²) in [6, 6.07) is 14.2. The number of carbonyl (C=O) groups is 1. The third-order valence-electron chi connectivity index (χ3n) is 4.03. The van der Waals surface area contributed by atoms with Crippen molar-refractivity contribution in [1.29, 1.82) is 0 Å². The molecule has 0 radical (unpaired) electrons. The lowest BCUT2D eigenvalue weighted by Crippen LogP contribution is -1.85. The molecule has 0 aliphatic carbocycles. The fourth-order valence-electron chi connectivity index (χ4n) is 2.74. The molecule has 5 heteroatoms. The second-order valence-electron chi connectivity index (χ2n) is 5.50. The van der Waals surface area contributed by atoms with Gasteiger partial charge in [0, 0.05) is 16.6 Å². The van der Waals surface area contributed by atoms with Crippen molar-refractivity contribution in [2.24, 2.45) is 0 Å². The van der Waals surface area contributed by atoms with E-state index >= 15 is 0 Å². The molecule has 4 rings (SSSR count). The summed E-state index contributed by atoms with van der Waals surface area (Å²) >= 11 is 1.54. The van der Waals surface area contributed by atoms with Crippen molar-refractivity contribution < 1.29 is 4.79 Å². The number of carbonyl (C=O) groups excluding carboxylic acids is 1. The molecular formula is C19H15N3OS. The van der Waals surface area contributed by atoms with Crippen molar-refractivity contribution >= 4 is 23.3 Å². The van der Waals surface area contributed by atoms with E-state index < -0.39 is 0 Å². The summed E-state index contributed by atoms with van der Waals surface area (Å²) in [7, 11) is 0. The first-order valence-corrected chi connectivity index (χ1v) is 8.59. The molecular weight excluding hydrogens is 318 g/mol. The van der Waals surface area contributed by atoms with Gasteiger partial charge in [-0.15, -0.1) is 11.3 Å². The second kappa shape index (κ2) is 6.02. The molecule has 4 nitrogen and oxygen atoms in total. The summed E-state index contributed by atoms with van der Waals surface area (Å²) in [5.74, 6) is 0. The number of rotatable bonds is 4. The Balaban J connectivity index is 1.69. The van der Waals surface area contributed by atoms with Gasteiger partial charge in [0.15, 0.2) is 11.9 Å². The molecule has 0 amide bonds. The minimum absolute atomic E-state index is 0.822. The highest BCUT2D eigenvalue weighted by Crippen LogP contribution is 2.32. The summed E-state index contributed by atoms with van der Waals surface area (Å²) < 4.78 is 1.77. The van der Waals surface area contributed by atoms with Crippen molar-refractivity contribution in [2.75, 3.05) is 0 Å². The molecule has 0 bridgehead atoms. The summed E-state index contributed by atoms with van der Waals surface area (Å²) in [5.41, 5.74) is 5.01. The van der Waals surface area contributed by atoms with E-state index in [1.165, 1.54) is 0 Å². The van der Waals surface area contributed by atoms with Crippen LogP contribution in [0, 0.1) is 0 Å². The molecule has 0 N–H and O–H groups in total. The van der Waals surface area contributed by atoms with Crippen molar-refractivity contribution in [3.8, 4) is 21.7 Å². The van der Waals surface area contributed by atoms with E-state index in [2.05, 4.69) is 47.3 Å². The molecule has 0 fully saturated rings. The minimum atomic E-state index is 0.822. The number of aldehydes is 1. The Hall–Kier alpha value is -2.79. The number of aromatic nitrogens is 3. The van der Waals surface area contributed by atoms with Gasteiger partial charge in [-0.1, -0.05) is 31.2 Å². The number of fused-ring (bicyclic) bond motifs is 1. The maximum Gasteiger partial charge on any atom is 0.160 e. The van der Waals surface area contributed by atoms with Gasteiger partial charge in [0.25, 0.3) is 0 Å². The molecule has 0 atom stereocenters. The molecule has 24 heavy (non-hydrogen) atoms. The van der Waals surface area contributed by atoms with Crippen LogP contribution in [0.1, 0.15) is 22.2 Å². The SMILES string of the molecule is CCc1cc(-c2ccc(-c3cn4ncccc4n3)cc2)sc1C=O. The Bertz CT molecular complexity index is 982. The van der Waals surface area contributed by atoms with Gasteiger partial charge < -0.3 is 0 Å². The molecule has 1 aromatic carbocycles. The fraction of sp³-hybridized carbons (Fsp3) is 0.105. The van der Waals surface area contributed by atoms with Gasteiger partial charge in [-0.2, -0.15) is 5.10 Å². The number of thiophene rings is 1. The van der Waals surface area contributed by atoms with E-state index in [-0.39, 0.29) is 0 Å². The van der Waals surface area contributed by atoms with Crippen LogP contribution in [-0.4, -0.2) is 20.9 Å². The van der Waals surface area contributed by atoms with E-state index in [9.17, 15) is 4.79 Å². The number of imidazole rings is 1. The zero-order valence-electron chi connectivity index (χ0n) is 13.1. The van der Waals surface area contributed by atoms with Gasteiger partial charge in [-0.25, -0.2) is 9.50 Å². The monoisotopic (exact) mass is 333 g/mol. The first-order chi connectivity index (χ1) is 11.8. The highest BCUT2D eigenvalue weighted by atomic mass is 32.1. The summed E-state index contributed by atoms with van der Waals surface area (Å²) in [5, 5.41) is 4.25. The number of hydrogen-bond donors (Lipinski definition) is 0. The predicted octanol–water partition coefficient (Wildman–Crippen LogP) is 4.50. The van der Waals surface area contributed by atoms with Crippen molar-refractivity contribution in [3.05, 3.63) is 65.3 Å². The number of nitrogens with zero attached hydrogens (tertiary/aromatic N) is 3. The van der Waals surface area contributed by atoms with E-state index in [0.29, 0.717) is 0 Å².